The summed E-state index contributed by atoms with van der Waals surface area (Å²) in [6.45, 7) is 1.60. The van der Waals surface area contributed by atoms with Gasteiger partial charge in [0.1, 0.15) is 11.3 Å². The Morgan fingerprint density at radius 2 is 1.80 bits per heavy atom. The average Bonchev–Trinajstić information content (AvgIpc) is 3.44. The largest absolute Gasteiger partial charge is 0.423 e. The van der Waals surface area contributed by atoms with Gasteiger partial charge in [0.05, 0.1) is 42.9 Å². The summed E-state index contributed by atoms with van der Waals surface area (Å²) in [5.41, 5.74) is -3.85. The highest BCUT2D eigenvalue weighted by Crippen LogP contribution is 2.44. The number of alkyl halides is 6. The summed E-state index contributed by atoms with van der Waals surface area (Å²) in [6, 6.07) is -0.467. The lowest BCUT2D eigenvalue weighted by Gasteiger charge is -2.39. The van der Waals surface area contributed by atoms with Crippen LogP contribution in [0.4, 0.5) is 42.2 Å². The Bertz CT molecular complexity index is 1430. The molecule has 5 rings (SSSR count). The minimum Gasteiger partial charge on any atom is -0.378 e. The second kappa shape index (κ2) is 10.9. The van der Waals surface area contributed by atoms with Crippen LogP contribution in [0.15, 0.2) is 29.5 Å². The highest BCUT2D eigenvalue weighted by Gasteiger charge is 2.44. The van der Waals surface area contributed by atoms with E-state index in [0.29, 0.717) is 30.8 Å². The molecule has 2 bridgehead atoms. The maximum absolute atomic E-state index is 14.6. The molecule has 222 valence electrons. The number of ether oxygens (including phenoxy) is 1. The zero-order valence-corrected chi connectivity index (χ0v) is 21.5. The highest BCUT2D eigenvalue weighted by atomic mass is 19.4. The molecule has 41 heavy (non-hydrogen) atoms. The predicted molar refractivity (Wildman–Crippen MR) is 129 cm³/mol. The number of hydrogen-bond donors (Lipinski definition) is 2. The first-order valence-electron chi connectivity index (χ1n) is 12.7. The average molecular weight is 591 g/mol. The van der Waals surface area contributed by atoms with Gasteiger partial charge in [-0.15, -0.1) is 5.10 Å². The Kier molecular flexibility index (Phi) is 7.65. The van der Waals surface area contributed by atoms with E-state index in [2.05, 4.69) is 25.7 Å². The summed E-state index contributed by atoms with van der Waals surface area (Å²) < 4.78 is 100. The fourth-order valence-corrected chi connectivity index (χ4v) is 5.48. The number of nitrogens with one attached hydrogen (secondary N) is 2. The summed E-state index contributed by atoms with van der Waals surface area (Å²) in [7, 11) is 0. The van der Waals surface area contributed by atoms with Gasteiger partial charge in [-0.1, -0.05) is 5.21 Å². The monoisotopic (exact) mass is 590 g/mol. The van der Waals surface area contributed by atoms with Crippen LogP contribution in [0.1, 0.15) is 55.5 Å². The van der Waals surface area contributed by atoms with Crippen LogP contribution in [0.5, 0.6) is 0 Å². The normalized spacial score (nSPS) is 21.8. The summed E-state index contributed by atoms with van der Waals surface area (Å²) in [5.74, 6) is -1.10. The molecule has 2 aliphatic rings. The predicted octanol–water partition coefficient (Wildman–Crippen LogP) is 4.32. The van der Waals surface area contributed by atoms with Crippen LogP contribution in [-0.2, 0) is 23.7 Å². The Balaban J connectivity index is 1.16. The number of halogens is 7. The maximum Gasteiger partial charge on any atom is 0.423 e. The number of nitrogens with zero attached hydrogens (tertiary/aromatic N) is 6. The van der Waals surface area contributed by atoms with Crippen LogP contribution in [0.2, 0.25) is 0 Å². The summed E-state index contributed by atoms with van der Waals surface area (Å²) in [4.78, 5) is 17.2. The third kappa shape index (κ3) is 6.13. The number of aromatic nitrogens is 6. The molecule has 0 spiro atoms. The number of fused-ring (bicyclic) bond motifs is 2. The van der Waals surface area contributed by atoms with Crippen molar-refractivity contribution >= 4 is 11.5 Å². The van der Waals surface area contributed by atoms with Gasteiger partial charge in [0.2, 0.25) is 0 Å². The van der Waals surface area contributed by atoms with Gasteiger partial charge in [-0.3, -0.25) is 4.79 Å². The molecule has 3 unspecified atom stereocenters. The SMILES string of the molecule is CC(COCc1cn(C2CC3CCC(C2)N3c2ncc(C(F)(F)F)cc2F)nn1)Nc1cn[nH]c(=O)c1C(F)(F)F. The first kappa shape index (κ1) is 28.8. The van der Waals surface area contributed by atoms with Crippen molar-refractivity contribution in [3.05, 3.63) is 57.6 Å². The third-order valence-corrected chi connectivity index (χ3v) is 7.19. The van der Waals surface area contributed by atoms with Crippen LogP contribution in [-0.4, -0.2) is 54.9 Å². The number of hydrogen-bond acceptors (Lipinski definition) is 8. The molecular weight excluding hydrogens is 565 g/mol. The highest BCUT2D eigenvalue weighted by molar-refractivity contribution is 5.50. The fraction of sp³-hybridized carbons (Fsp3) is 0.542. The topological polar surface area (TPSA) is 114 Å². The fourth-order valence-electron chi connectivity index (χ4n) is 5.48. The number of H-pyrrole nitrogens is 1. The Labute approximate surface area is 227 Å². The van der Waals surface area contributed by atoms with E-state index in [1.807, 2.05) is 0 Å². The van der Waals surface area contributed by atoms with Crippen molar-refractivity contribution in [3.8, 4) is 0 Å². The van der Waals surface area contributed by atoms with Crippen LogP contribution < -0.4 is 15.8 Å². The molecule has 2 N–H and O–H groups in total. The summed E-state index contributed by atoms with van der Waals surface area (Å²) in [5, 5.41) is 16.0. The van der Waals surface area contributed by atoms with Gasteiger partial charge in [-0.2, -0.15) is 31.4 Å². The molecule has 0 aromatic carbocycles. The molecule has 0 radical (unpaired) electrons. The quantitative estimate of drug-likeness (QED) is 0.373. The molecule has 17 heteroatoms. The molecule has 2 aliphatic heterocycles. The van der Waals surface area contributed by atoms with E-state index < -0.39 is 46.6 Å². The van der Waals surface area contributed by atoms with Gasteiger partial charge < -0.3 is 15.0 Å². The molecule has 0 aliphatic carbocycles. The van der Waals surface area contributed by atoms with Crippen molar-refractivity contribution in [2.75, 3.05) is 16.8 Å². The number of piperidine rings is 1. The molecule has 2 fully saturated rings. The molecule has 5 heterocycles. The molecular formula is C24H25F7N8O2. The van der Waals surface area contributed by atoms with Gasteiger partial charge in [-0.05, 0) is 38.7 Å². The Hall–Kier alpha value is -3.76. The smallest absolute Gasteiger partial charge is 0.378 e. The Morgan fingerprint density at radius 1 is 1.10 bits per heavy atom. The minimum atomic E-state index is -4.87. The second-order valence-electron chi connectivity index (χ2n) is 10.2. The van der Waals surface area contributed by atoms with Gasteiger partial charge in [0, 0.05) is 24.3 Å². The lowest BCUT2D eigenvalue weighted by atomic mass is 9.97. The van der Waals surface area contributed by atoms with Gasteiger partial charge in [0.25, 0.3) is 5.56 Å². The summed E-state index contributed by atoms with van der Waals surface area (Å²) in [6.07, 6.45) is -3.73. The van der Waals surface area contributed by atoms with Crippen molar-refractivity contribution in [1.29, 1.82) is 0 Å². The number of pyridine rings is 1. The summed E-state index contributed by atoms with van der Waals surface area (Å²) >= 11 is 0. The first-order chi connectivity index (χ1) is 19.3. The van der Waals surface area contributed by atoms with E-state index in [1.54, 1.807) is 27.8 Å². The lowest BCUT2D eigenvalue weighted by Crippen LogP contribution is -2.44. The first-order valence-corrected chi connectivity index (χ1v) is 12.7. The molecule has 0 amide bonds. The molecule has 2 saturated heterocycles. The van der Waals surface area contributed by atoms with E-state index in [0.717, 1.165) is 19.0 Å². The molecule has 3 aromatic heterocycles. The Morgan fingerprint density at radius 3 is 2.44 bits per heavy atom. The van der Waals surface area contributed by atoms with Crippen molar-refractivity contribution in [1.82, 2.24) is 30.2 Å². The van der Waals surface area contributed by atoms with E-state index in [9.17, 15) is 35.5 Å². The van der Waals surface area contributed by atoms with E-state index in [-0.39, 0.29) is 37.2 Å². The zero-order valence-electron chi connectivity index (χ0n) is 21.5. The molecule has 3 atom stereocenters. The molecule has 3 aromatic rings. The number of aromatic amines is 1. The van der Waals surface area contributed by atoms with Crippen LogP contribution in [0, 0.1) is 5.82 Å². The van der Waals surface area contributed by atoms with E-state index in [1.165, 1.54) is 0 Å². The van der Waals surface area contributed by atoms with E-state index >= 15 is 0 Å². The zero-order chi connectivity index (χ0) is 29.5. The number of anilines is 2. The molecule has 10 nitrogen and oxygen atoms in total. The lowest BCUT2D eigenvalue weighted by molar-refractivity contribution is -0.138. The van der Waals surface area contributed by atoms with Crippen LogP contribution >= 0.6 is 0 Å². The third-order valence-electron chi connectivity index (χ3n) is 7.19. The van der Waals surface area contributed by atoms with Crippen molar-refractivity contribution < 1.29 is 35.5 Å². The molecule has 0 saturated carbocycles. The minimum absolute atomic E-state index is 0.00874. The van der Waals surface area contributed by atoms with E-state index in [4.69, 9.17) is 4.74 Å². The van der Waals surface area contributed by atoms with Crippen molar-refractivity contribution in [3.63, 3.8) is 0 Å². The van der Waals surface area contributed by atoms with Crippen LogP contribution in [0.25, 0.3) is 0 Å². The van der Waals surface area contributed by atoms with Gasteiger partial charge in [-0.25, -0.2) is 19.2 Å². The second-order valence-corrected chi connectivity index (χ2v) is 10.2. The van der Waals surface area contributed by atoms with Gasteiger partial charge >= 0.3 is 12.4 Å². The van der Waals surface area contributed by atoms with Crippen molar-refractivity contribution in [2.24, 2.45) is 0 Å². The number of rotatable bonds is 8. The standard InChI is InChI=1S/C24H25F7N8O2/c1-12(34-19-8-33-36-22(40)20(19)24(29,30)31)10-41-11-14-9-38(37-35-14)17-5-15-2-3-16(6-17)39(15)21-18(25)4-13(7-32-21)23(26,27)28/h4,7-9,12,15-17H,2-3,5-6,10-11H2,1H3,(H2,34,36,40). The maximum atomic E-state index is 14.6. The van der Waals surface area contributed by atoms with Crippen LogP contribution in [0.3, 0.4) is 0 Å². The van der Waals surface area contributed by atoms with Crippen molar-refractivity contribution in [2.45, 2.75) is 75.7 Å². The van der Waals surface area contributed by atoms with Gasteiger partial charge in [0.15, 0.2) is 11.6 Å².